The number of nitrogens with one attached hydrogen (secondary N) is 1. The zero-order valence-electron chi connectivity index (χ0n) is 15.0. The number of hydrogen-bond acceptors (Lipinski definition) is 4. The highest BCUT2D eigenvalue weighted by Crippen LogP contribution is 2.31. The second-order valence-electron chi connectivity index (χ2n) is 6.82. The van der Waals surface area contributed by atoms with Gasteiger partial charge in [-0.3, -0.25) is 9.59 Å². The molecule has 1 saturated heterocycles. The van der Waals surface area contributed by atoms with E-state index in [1.165, 1.54) is 0 Å². The van der Waals surface area contributed by atoms with E-state index in [0.717, 1.165) is 31.5 Å². The summed E-state index contributed by atoms with van der Waals surface area (Å²) in [5.74, 6) is 1.12. The summed E-state index contributed by atoms with van der Waals surface area (Å²) in [7, 11) is 0. The van der Waals surface area contributed by atoms with E-state index in [2.05, 4.69) is 5.32 Å². The lowest BCUT2D eigenvalue weighted by molar-refractivity contribution is -0.129. The zero-order valence-corrected chi connectivity index (χ0v) is 15.0. The molecule has 6 heteroatoms. The summed E-state index contributed by atoms with van der Waals surface area (Å²) in [6.45, 7) is 1.89. The van der Waals surface area contributed by atoms with E-state index in [1.54, 1.807) is 6.07 Å². The Morgan fingerprint density at radius 3 is 2.44 bits per heavy atom. The standard InChI is InChI=1S/C21H22N2O4/c24-20(23-11-3-4-12-23)13-15-7-9-16(10-8-15)22-21(25)19-14-26-17-5-1-2-6-18(17)27-19/h1-2,5-10,19H,3-4,11-14H2,(H,22,25). The molecule has 2 aliphatic heterocycles. The summed E-state index contributed by atoms with van der Waals surface area (Å²) in [5.41, 5.74) is 1.61. The van der Waals surface area contributed by atoms with Crippen molar-refractivity contribution in [2.24, 2.45) is 0 Å². The molecule has 0 spiro atoms. The highest BCUT2D eigenvalue weighted by Gasteiger charge is 2.27. The third-order valence-electron chi connectivity index (χ3n) is 4.84. The predicted molar refractivity (Wildman–Crippen MR) is 101 cm³/mol. The number of amides is 2. The molecule has 1 unspecified atom stereocenters. The van der Waals surface area contributed by atoms with Crippen LogP contribution in [0.15, 0.2) is 48.5 Å². The molecule has 27 heavy (non-hydrogen) atoms. The first-order valence-electron chi connectivity index (χ1n) is 9.25. The van der Waals surface area contributed by atoms with Gasteiger partial charge in [-0.2, -0.15) is 0 Å². The van der Waals surface area contributed by atoms with Gasteiger partial charge in [-0.15, -0.1) is 0 Å². The van der Waals surface area contributed by atoms with Crippen LogP contribution in [-0.4, -0.2) is 42.5 Å². The fourth-order valence-electron chi connectivity index (χ4n) is 3.33. The Kier molecular flexibility index (Phi) is 4.96. The maximum Gasteiger partial charge on any atom is 0.269 e. The molecule has 2 aromatic carbocycles. The van der Waals surface area contributed by atoms with Crippen molar-refractivity contribution in [3.8, 4) is 11.5 Å². The average Bonchev–Trinajstić information content (AvgIpc) is 3.24. The van der Waals surface area contributed by atoms with Gasteiger partial charge < -0.3 is 19.7 Å². The van der Waals surface area contributed by atoms with Crippen LogP contribution in [0.4, 0.5) is 5.69 Å². The van der Waals surface area contributed by atoms with Crippen molar-refractivity contribution in [1.29, 1.82) is 0 Å². The molecule has 0 aromatic heterocycles. The first-order valence-corrected chi connectivity index (χ1v) is 9.25. The second-order valence-corrected chi connectivity index (χ2v) is 6.82. The molecule has 0 radical (unpaired) electrons. The maximum absolute atomic E-state index is 12.4. The number of likely N-dealkylation sites (tertiary alicyclic amines) is 1. The van der Waals surface area contributed by atoms with Crippen molar-refractivity contribution in [2.45, 2.75) is 25.4 Å². The van der Waals surface area contributed by atoms with Gasteiger partial charge in [0.15, 0.2) is 11.5 Å². The molecule has 4 rings (SSSR count). The Balaban J connectivity index is 1.33. The first-order chi connectivity index (χ1) is 13.2. The lowest BCUT2D eigenvalue weighted by atomic mass is 10.1. The van der Waals surface area contributed by atoms with Crippen molar-refractivity contribution in [3.63, 3.8) is 0 Å². The molecule has 0 saturated carbocycles. The maximum atomic E-state index is 12.4. The highest BCUT2D eigenvalue weighted by atomic mass is 16.6. The predicted octanol–water partition coefficient (Wildman–Crippen LogP) is 2.63. The lowest BCUT2D eigenvalue weighted by Crippen LogP contribution is -2.40. The number of ether oxygens (including phenoxy) is 2. The molecule has 2 heterocycles. The Bertz CT molecular complexity index is 828. The molecule has 140 valence electrons. The summed E-state index contributed by atoms with van der Waals surface area (Å²) < 4.78 is 11.3. The Hall–Kier alpha value is -3.02. The minimum Gasteiger partial charge on any atom is -0.485 e. The van der Waals surface area contributed by atoms with E-state index in [1.807, 2.05) is 47.4 Å². The minimum atomic E-state index is -0.698. The van der Waals surface area contributed by atoms with E-state index < -0.39 is 6.10 Å². The van der Waals surface area contributed by atoms with Crippen molar-refractivity contribution in [2.75, 3.05) is 25.0 Å². The number of rotatable bonds is 4. The van der Waals surface area contributed by atoms with Crippen molar-refractivity contribution < 1.29 is 19.1 Å². The molecule has 0 aliphatic carbocycles. The zero-order chi connectivity index (χ0) is 18.6. The number of anilines is 1. The SMILES string of the molecule is O=C(Nc1ccc(CC(=O)N2CCCC2)cc1)C1COc2ccccc2O1. The highest BCUT2D eigenvalue weighted by molar-refractivity contribution is 5.94. The Labute approximate surface area is 158 Å². The molecule has 2 aromatic rings. The smallest absolute Gasteiger partial charge is 0.269 e. The fraction of sp³-hybridized carbons (Fsp3) is 0.333. The van der Waals surface area contributed by atoms with Gasteiger partial charge in [0.1, 0.15) is 6.61 Å². The average molecular weight is 366 g/mol. The van der Waals surface area contributed by atoms with Gasteiger partial charge in [0.05, 0.1) is 6.42 Å². The third-order valence-corrected chi connectivity index (χ3v) is 4.84. The number of nitrogens with zero attached hydrogens (tertiary/aromatic N) is 1. The largest absolute Gasteiger partial charge is 0.485 e. The van der Waals surface area contributed by atoms with Gasteiger partial charge in [0.25, 0.3) is 5.91 Å². The molecule has 0 bridgehead atoms. The number of carbonyl (C=O) groups is 2. The minimum absolute atomic E-state index is 0.163. The van der Waals surface area contributed by atoms with E-state index >= 15 is 0 Å². The number of para-hydroxylation sites is 2. The summed E-state index contributed by atoms with van der Waals surface area (Å²) >= 11 is 0. The molecule has 2 aliphatic rings. The number of carbonyl (C=O) groups excluding carboxylic acids is 2. The van der Waals surface area contributed by atoms with E-state index in [-0.39, 0.29) is 18.4 Å². The van der Waals surface area contributed by atoms with Crippen LogP contribution in [0.3, 0.4) is 0 Å². The van der Waals surface area contributed by atoms with Crippen LogP contribution in [0.2, 0.25) is 0 Å². The lowest BCUT2D eigenvalue weighted by Gasteiger charge is -2.25. The summed E-state index contributed by atoms with van der Waals surface area (Å²) in [4.78, 5) is 26.6. The Morgan fingerprint density at radius 2 is 1.70 bits per heavy atom. The van der Waals surface area contributed by atoms with Crippen LogP contribution >= 0.6 is 0 Å². The fourth-order valence-corrected chi connectivity index (χ4v) is 3.33. The van der Waals surface area contributed by atoms with Gasteiger partial charge in [0.2, 0.25) is 12.0 Å². The molecule has 1 atom stereocenters. The van der Waals surface area contributed by atoms with Crippen molar-refractivity contribution >= 4 is 17.5 Å². The van der Waals surface area contributed by atoms with Crippen LogP contribution < -0.4 is 14.8 Å². The summed E-state index contributed by atoms with van der Waals surface area (Å²) in [6, 6.07) is 14.6. The number of fused-ring (bicyclic) bond motifs is 1. The van der Waals surface area contributed by atoms with E-state index in [9.17, 15) is 9.59 Å². The molecular formula is C21H22N2O4. The quantitative estimate of drug-likeness (QED) is 0.903. The molecular weight excluding hydrogens is 344 g/mol. The van der Waals surface area contributed by atoms with E-state index in [4.69, 9.17) is 9.47 Å². The van der Waals surface area contributed by atoms with Gasteiger partial charge in [0, 0.05) is 18.8 Å². The topological polar surface area (TPSA) is 67.9 Å². The normalized spacial score (nSPS) is 18.2. The van der Waals surface area contributed by atoms with Crippen LogP contribution in [-0.2, 0) is 16.0 Å². The summed E-state index contributed by atoms with van der Waals surface area (Å²) in [5, 5.41) is 2.84. The van der Waals surface area contributed by atoms with Crippen LogP contribution in [0.5, 0.6) is 11.5 Å². The second kappa shape index (κ2) is 7.70. The van der Waals surface area contributed by atoms with Gasteiger partial charge in [-0.1, -0.05) is 24.3 Å². The van der Waals surface area contributed by atoms with Crippen molar-refractivity contribution in [3.05, 3.63) is 54.1 Å². The van der Waals surface area contributed by atoms with Crippen molar-refractivity contribution in [1.82, 2.24) is 4.90 Å². The first kappa shape index (κ1) is 17.4. The van der Waals surface area contributed by atoms with E-state index in [0.29, 0.717) is 23.6 Å². The van der Waals surface area contributed by atoms with Gasteiger partial charge in [-0.25, -0.2) is 0 Å². The molecule has 2 amide bonds. The third kappa shape index (κ3) is 4.05. The monoisotopic (exact) mass is 366 g/mol. The van der Waals surface area contributed by atoms with Crippen LogP contribution in [0.1, 0.15) is 18.4 Å². The summed E-state index contributed by atoms with van der Waals surface area (Å²) in [6.07, 6.45) is 1.88. The number of hydrogen-bond donors (Lipinski definition) is 1. The van der Waals surface area contributed by atoms with Crippen LogP contribution in [0.25, 0.3) is 0 Å². The molecule has 1 fully saturated rings. The van der Waals surface area contributed by atoms with Gasteiger partial charge >= 0.3 is 0 Å². The van der Waals surface area contributed by atoms with Gasteiger partial charge in [-0.05, 0) is 42.7 Å². The number of benzene rings is 2. The molecule has 1 N–H and O–H groups in total. The Morgan fingerprint density at radius 1 is 1.00 bits per heavy atom. The molecule has 6 nitrogen and oxygen atoms in total. The van der Waals surface area contributed by atoms with Crippen LogP contribution in [0, 0.1) is 0 Å².